The first-order chi connectivity index (χ1) is 10.1. The van der Waals surface area contributed by atoms with Crippen LogP contribution in [0.15, 0.2) is 46.9 Å². The van der Waals surface area contributed by atoms with Gasteiger partial charge in [0, 0.05) is 10.5 Å². The number of methoxy groups -OCH3 is 1. The SMILES string of the molecule is CNC(Cc1ccc(OC)cc1)Cc1ccc(Br)cc1F. The summed E-state index contributed by atoms with van der Waals surface area (Å²) in [7, 11) is 3.56. The number of nitrogens with one attached hydrogen (secondary N) is 1. The van der Waals surface area contributed by atoms with Crippen molar-refractivity contribution in [1.82, 2.24) is 5.32 Å². The summed E-state index contributed by atoms with van der Waals surface area (Å²) in [6, 6.07) is 13.4. The van der Waals surface area contributed by atoms with Crippen LogP contribution in [0.5, 0.6) is 5.75 Å². The fourth-order valence-electron chi connectivity index (χ4n) is 2.28. The third-order valence-corrected chi connectivity index (χ3v) is 4.02. The molecule has 0 saturated heterocycles. The lowest BCUT2D eigenvalue weighted by Gasteiger charge is -2.17. The zero-order valence-corrected chi connectivity index (χ0v) is 13.8. The maximum Gasteiger partial charge on any atom is 0.127 e. The summed E-state index contributed by atoms with van der Waals surface area (Å²) in [6.07, 6.45) is 1.50. The van der Waals surface area contributed by atoms with Gasteiger partial charge in [0.05, 0.1) is 7.11 Å². The summed E-state index contributed by atoms with van der Waals surface area (Å²) in [5.41, 5.74) is 1.93. The summed E-state index contributed by atoms with van der Waals surface area (Å²) in [5, 5.41) is 3.26. The maximum absolute atomic E-state index is 13.9. The van der Waals surface area contributed by atoms with Gasteiger partial charge in [-0.3, -0.25) is 0 Å². The fraction of sp³-hybridized carbons (Fsp3) is 0.294. The first-order valence-electron chi connectivity index (χ1n) is 6.86. The summed E-state index contributed by atoms with van der Waals surface area (Å²) in [6.45, 7) is 0. The maximum atomic E-state index is 13.9. The molecule has 2 aromatic rings. The van der Waals surface area contributed by atoms with E-state index in [4.69, 9.17) is 4.74 Å². The van der Waals surface area contributed by atoms with Crippen molar-refractivity contribution in [1.29, 1.82) is 0 Å². The van der Waals surface area contributed by atoms with E-state index in [2.05, 4.69) is 21.2 Å². The molecule has 4 heteroatoms. The second-order valence-corrected chi connectivity index (χ2v) is 5.89. The van der Waals surface area contributed by atoms with Crippen LogP contribution in [0.25, 0.3) is 0 Å². The Hall–Kier alpha value is -1.39. The molecule has 0 amide bonds. The molecule has 1 atom stereocenters. The zero-order chi connectivity index (χ0) is 15.2. The Kier molecular flexibility index (Phi) is 5.76. The molecule has 0 saturated carbocycles. The van der Waals surface area contributed by atoms with Gasteiger partial charge >= 0.3 is 0 Å². The average molecular weight is 352 g/mol. The van der Waals surface area contributed by atoms with Gasteiger partial charge in [-0.15, -0.1) is 0 Å². The van der Waals surface area contributed by atoms with E-state index in [1.54, 1.807) is 7.11 Å². The lowest BCUT2D eigenvalue weighted by atomic mass is 9.99. The molecular formula is C17H19BrFNO. The molecule has 0 aromatic heterocycles. The van der Waals surface area contributed by atoms with Crippen molar-refractivity contribution in [3.05, 3.63) is 63.9 Å². The Labute approximate surface area is 133 Å². The van der Waals surface area contributed by atoms with Gasteiger partial charge in [-0.1, -0.05) is 34.1 Å². The van der Waals surface area contributed by atoms with Crippen LogP contribution in [0.3, 0.4) is 0 Å². The van der Waals surface area contributed by atoms with Crippen molar-refractivity contribution in [2.45, 2.75) is 18.9 Å². The summed E-state index contributed by atoms with van der Waals surface area (Å²) < 4.78 is 19.8. The largest absolute Gasteiger partial charge is 0.497 e. The van der Waals surface area contributed by atoms with E-state index in [1.807, 2.05) is 43.4 Å². The average Bonchev–Trinajstić information content (AvgIpc) is 2.49. The first kappa shape index (κ1) is 16.0. The van der Waals surface area contributed by atoms with Gasteiger partial charge in [0.2, 0.25) is 0 Å². The third-order valence-electron chi connectivity index (χ3n) is 3.53. The van der Waals surface area contributed by atoms with Crippen LogP contribution in [0.4, 0.5) is 4.39 Å². The van der Waals surface area contributed by atoms with Crippen LogP contribution in [-0.4, -0.2) is 20.2 Å². The van der Waals surface area contributed by atoms with E-state index < -0.39 is 0 Å². The number of likely N-dealkylation sites (N-methyl/N-ethyl adjacent to an activating group) is 1. The van der Waals surface area contributed by atoms with Gasteiger partial charge in [0.1, 0.15) is 11.6 Å². The Morgan fingerprint density at radius 1 is 1.14 bits per heavy atom. The van der Waals surface area contributed by atoms with Crippen molar-refractivity contribution in [3.8, 4) is 5.75 Å². The molecule has 0 aliphatic carbocycles. The Morgan fingerprint density at radius 2 is 1.86 bits per heavy atom. The topological polar surface area (TPSA) is 21.3 Å². The number of hydrogen-bond acceptors (Lipinski definition) is 2. The number of ether oxygens (including phenoxy) is 1. The van der Waals surface area contributed by atoms with Gasteiger partial charge in [0.25, 0.3) is 0 Å². The molecule has 0 bridgehead atoms. The quantitative estimate of drug-likeness (QED) is 0.850. The minimum Gasteiger partial charge on any atom is -0.497 e. The monoisotopic (exact) mass is 351 g/mol. The molecule has 112 valence electrons. The minimum absolute atomic E-state index is 0.167. The van der Waals surface area contributed by atoms with Gasteiger partial charge in [0.15, 0.2) is 0 Å². The Morgan fingerprint density at radius 3 is 2.43 bits per heavy atom. The normalized spacial score (nSPS) is 12.2. The van der Waals surface area contributed by atoms with Gasteiger partial charge in [-0.05, 0) is 55.3 Å². The van der Waals surface area contributed by atoms with Crippen LogP contribution in [0.2, 0.25) is 0 Å². The van der Waals surface area contributed by atoms with E-state index in [0.29, 0.717) is 6.42 Å². The van der Waals surface area contributed by atoms with E-state index in [-0.39, 0.29) is 11.9 Å². The molecule has 1 unspecified atom stereocenters. The smallest absolute Gasteiger partial charge is 0.127 e. The predicted octanol–water partition coefficient (Wildman–Crippen LogP) is 3.97. The van der Waals surface area contributed by atoms with Gasteiger partial charge in [-0.25, -0.2) is 4.39 Å². The molecule has 1 N–H and O–H groups in total. The highest BCUT2D eigenvalue weighted by Crippen LogP contribution is 2.18. The predicted molar refractivity (Wildman–Crippen MR) is 87.3 cm³/mol. The molecule has 0 aliphatic rings. The number of benzene rings is 2. The third kappa shape index (κ3) is 4.55. The highest BCUT2D eigenvalue weighted by Gasteiger charge is 2.12. The Balaban J connectivity index is 2.05. The summed E-state index contributed by atoms with van der Waals surface area (Å²) in [4.78, 5) is 0. The van der Waals surface area contributed by atoms with E-state index in [0.717, 1.165) is 22.2 Å². The number of halogens is 2. The molecule has 2 aromatic carbocycles. The lowest BCUT2D eigenvalue weighted by Crippen LogP contribution is -2.30. The molecule has 0 heterocycles. The lowest BCUT2D eigenvalue weighted by molar-refractivity contribution is 0.414. The molecule has 21 heavy (non-hydrogen) atoms. The highest BCUT2D eigenvalue weighted by atomic mass is 79.9. The van der Waals surface area contributed by atoms with Gasteiger partial charge in [-0.2, -0.15) is 0 Å². The van der Waals surface area contributed by atoms with Crippen LogP contribution in [0, 0.1) is 5.82 Å². The number of rotatable bonds is 6. The van der Waals surface area contributed by atoms with E-state index in [1.165, 1.54) is 11.6 Å². The van der Waals surface area contributed by atoms with Crippen molar-refractivity contribution in [3.63, 3.8) is 0 Å². The molecule has 0 aliphatic heterocycles. The second kappa shape index (κ2) is 7.57. The summed E-state index contributed by atoms with van der Waals surface area (Å²) >= 11 is 3.28. The Bertz CT molecular complexity index is 586. The molecule has 0 radical (unpaired) electrons. The highest BCUT2D eigenvalue weighted by molar-refractivity contribution is 9.10. The van der Waals surface area contributed by atoms with Crippen molar-refractivity contribution in [2.24, 2.45) is 0 Å². The molecular weight excluding hydrogens is 333 g/mol. The standard InChI is InChI=1S/C17H19BrFNO/c1-20-15(9-12-3-7-16(21-2)8-4-12)10-13-5-6-14(18)11-17(13)19/h3-8,11,15,20H,9-10H2,1-2H3. The zero-order valence-electron chi connectivity index (χ0n) is 12.2. The molecule has 0 fully saturated rings. The van der Waals surface area contributed by atoms with Crippen molar-refractivity contribution in [2.75, 3.05) is 14.2 Å². The van der Waals surface area contributed by atoms with E-state index in [9.17, 15) is 4.39 Å². The minimum atomic E-state index is -0.167. The van der Waals surface area contributed by atoms with Crippen LogP contribution < -0.4 is 10.1 Å². The van der Waals surface area contributed by atoms with Crippen LogP contribution in [-0.2, 0) is 12.8 Å². The van der Waals surface area contributed by atoms with Crippen LogP contribution >= 0.6 is 15.9 Å². The van der Waals surface area contributed by atoms with Crippen LogP contribution in [0.1, 0.15) is 11.1 Å². The fourth-order valence-corrected chi connectivity index (χ4v) is 2.61. The van der Waals surface area contributed by atoms with Crippen molar-refractivity contribution >= 4 is 15.9 Å². The molecule has 2 rings (SSSR count). The van der Waals surface area contributed by atoms with E-state index >= 15 is 0 Å². The first-order valence-corrected chi connectivity index (χ1v) is 7.66. The molecule has 2 nitrogen and oxygen atoms in total. The van der Waals surface area contributed by atoms with Gasteiger partial charge < -0.3 is 10.1 Å². The second-order valence-electron chi connectivity index (χ2n) is 4.98. The van der Waals surface area contributed by atoms with Crippen molar-refractivity contribution < 1.29 is 9.13 Å². The number of hydrogen-bond donors (Lipinski definition) is 1. The summed E-state index contributed by atoms with van der Waals surface area (Å²) in [5.74, 6) is 0.679. The molecule has 0 spiro atoms.